The minimum Gasteiger partial charge on any atom is -0.471 e. The van der Waals surface area contributed by atoms with Crippen molar-refractivity contribution in [2.75, 3.05) is 13.1 Å². The summed E-state index contributed by atoms with van der Waals surface area (Å²) in [6.07, 6.45) is 1.65. The molecule has 1 amide bonds. The molecule has 172 valence electrons. The zero-order valence-electron chi connectivity index (χ0n) is 17.5. The molecule has 0 radical (unpaired) electrons. The number of likely N-dealkylation sites (tertiary alicyclic amines) is 1. The molecule has 1 aliphatic heterocycles. The molecule has 33 heavy (non-hydrogen) atoms. The highest BCUT2D eigenvalue weighted by Crippen LogP contribution is 2.34. The van der Waals surface area contributed by atoms with Crippen LogP contribution in [-0.2, 0) is 6.18 Å². The number of carbonyl (C=O) groups is 1. The Hall–Kier alpha value is -3.27. The first-order valence-corrected chi connectivity index (χ1v) is 10.5. The highest BCUT2D eigenvalue weighted by Gasteiger charge is 2.33. The fourth-order valence-corrected chi connectivity index (χ4v) is 3.75. The van der Waals surface area contributed by atoms with Crippen LogP contribution in [0.25, 0.3) is 11.4 Å². The minimum absolute atomic E-state index is 0.101. The summed E-state index contributed by atoms with van der Waals surface area (Å²) >= 11 is 5.96. The van der Waals surface area contributed by atoms with Gasteiger partial charge in [-0.2, -0.15) is 13.2 Å². The Kier molecular flexibility index (Phi) is 6.46. The number of nitrogens with zero attached hydrogens (tertiary/aromatic N) is 5. The highest BCUT2D eigenvalue weighted by molar-refractivity contribution is 6.31. The minimum atomic E-state index is -4.55. The fourth-order valence-electron chi connectivity index (χ4n) is 3.54. The standard InChI is InChI=1S/C22H19ClF3N5O2/c1-13-8-16(19-27-5-3-6-28-19)18(29-10-13)21(32)31-7-2-4-15(12-31)33-20-17(23)9-14(11-30-20)22(24,25)26/h3,5-6,8-11,15H,2,4,7,12H2,1H3. The van der Waals surface area contributed by atoms with E-state index in [0.717, 1.165) is 11.6 Å². The maximum absolute atomic E-state index is 13.3. The number of aromatic nitrogens is 4. The zero-order chi connectivity index (χ0) is 23.6. The molecule has 3 aromatic heterocycles. The van der Waals surface area contributed by atoms with Crippen molar-refractivity contribution in [3.63, 3.8) is 0 Å². The van der Waals surface area contributed by atoms with Crippen LogP contribution in [-0.4, -0.2) is 49.9 Å². The van der Waals surface area contributed by atoms with Crippen molar-refractivity contribution in [3.05, 3.63) is 64.8 Å². The topological polar surface area (TPSA) is 81.1 Å². The van der Waals surface area contributed by atoms with Crippen LogP contribution in [0.3, 0.4) is 0 Å². The summed E-state index contributed by atoms with van der Waals surface area (Å²) in [6.45, 7) is 2.55. The number of piperidine rings is 1. The summed E-state index contributed by atoms with van der Waals surface area (Å²) in [5.41, 5.74) is 0.646. The molecule has 1 atom stereocenters. The van der Waals surface area contributed by atoms with Gasteiger partial charge in [0.25, 0.3) is 5.91 Å². The van der Waals surface area contributed by atoms with E-state index in [1.165, 1.54) is 0 Å². The summed E-state index contributed by atoms with van der Waals surface area (Å²) in [7, 11) is 0. The average Bonchev–Trinajstić information content (AvgIpc) is 2.80. The normalized spacial score (nSPS) is 16.5. The molecule has 0 saturated carbocycles. The van der Waals surface area contributed by atoms with Gasteiger partial charge in [0.05, 0.1) is 17.7 Å². The molecule has 0 aromatic carbocycles. The Labute approximate surface area is 192 Å². The molecular weight excluding hydrogens is 459 g/mol. The van der Waals surface area contributed by atoms with Crippen LogP contribution in [0.15, 0.2) is 43.0 Å². The van der Waals surface area contributed by atoms with Crippen molar-refractivity contribution in [1.82, 2.24) is 24.8 Å². The largest absolute Gasteiger partial charge is 0.471 e. The van der Waals surface area contributed by atoms with Gasteiger partial charge in [0.15, 0.2) is 5.82 Å². The second kappa shape index (κ2) is 9.30. The number of aryl methyl sites for hydroxylation is 1. The lowest BCUT2D eigenvalue weighted by Gasteiger charge is -2.33. The first kappa shape index (κ1) is 22.9. The number of amides is 1. The Morgan fingerprint density at radius 3 is 2.61 bits per heavy atom. The van der Waals surface area contributed by atoms with Crippen LogP contribution in [0.2, 0.25) is 5.02 Å². The molecule has 0 N–H and O–H groups in total. The lowest BCUT2D eigenvalue weighted by Crippen LogP contribution is -2.45. The molecule has 4 heterocycles. The number of carbonyl (C=O) groups excluding carboxylic acids is 1. The highest BCUT2D eigenvalue weighted by atomic mass is 35.5. The third-order valence-corrected chi connectivity index (χ3v) is 5.38. The monoisotopic (exact) mass is 477 g/mol. The summed E-state index contributed by atoms with van der Waals surface area (Å²) in [5.74, 6) is -0.0179. The Bertz CT molecular complexity index is 1160. The average molecular weight is 478 g/mol. The van der Waals surface area contributed by atoms with Gasteiger partial charge in [-0.25, -0.2) is 15.0 Å². The Morgan fingerprint density at radius 2 is 1.91 bits per heavy atom. The molecule has 1 aliphatic rings. The zero-order valence-corrected chi connectivity index (χ0v) is 18.3. The molecule has 1 saturated heterocycles. The molecule has 7 nitrogen and oxygen atoms in total. The van der Waals surface area contributed by atoms with Gasteiger partial charge in [-0.3, -0.25) is 9.78 Å². The van der Waals surface area contributed by atoms with Crippen molar-refractivity contribution in [2.24, 2.45) is 0 Å². The van der Waals surface area contributed by atoms with E-state index in [1.54, 1.807) is 35.6 Å². The summed E-state index contributed by atoms with van der Waals surface area (Å²) in [6, 6.07) is 4.26. The SMILES string of the molecule is Cc1cnc(C(=O)N2CCCC(Oc3ncc(C(F)(F)F)cc3Cl)C2)c(-c2ncccn2)c1. The Balaban J connectivity index is 1.52. The molecule has 0 spiro atoms. The van der Waals surface area contributed by atoms with Crippen molar-refractivity contribution in [3.8, 4) is 17.3 Å². The maximum Gasteiger partial charge on any atom is 0.417 e. The van der Waals surface area contributed by atoms with Gasteiger partial charge in [0.1, 0.15) is 16.8 Å². The number of hydrogen-bond donors (Lipinski definition) is 0. The van der Waals surface area contributed by atoms with E-state index in [4.69, 9.17) is 16.3 Å². The summed E-state index contributed by atoms with van der Waals surface area (Å²) in [5, 5.41) is -0.239. The van der Waals surface area contributed by atoms with E-state index in [2.05, 4.69) is 19.9 Å². The van der Waals surface area contributed by atoms with E-state index in [0.29, 0.717) is 37.0 Å². The molecule has 0 bridgehead atoms. The van der Waals surface area contributed by atoms with E-state index in [1.807, 2.05) is 6.92 Å². The third kappa shape index (κ3) is 5.22. The van der Waals surface area contributed by atoms with Gasteiger partial charge in [0.2, 0.25) is 5.88 Å². The van der Waals surface area contributed by atoms with E-state index >= 15 is 0 Å². The number of ether oxygens (including phenoxy) is 1. The lowest BCUT2D eigenvalue weighted by molar-refractivity contribution is -0.137. The molecule has 3 aromatic rings. The van der Waals surface area contributed by atoms with Crippen molar-refractivity contribution >= 4 is 17.5 Å². The second-order valence-electron chi connectivity index (χ2n) is 7.62. The van der Waals surface area contributed by atoms with Gasteiger partial charge < -0.3 is 9.64 Å². The van der Waals surface area contributed by atoms with E-state index in [9.17, 15) is 18.0 Å². The molecule has 11 heteroatoms. The predicted octanol–water partition coefficient (Wildman–Crippen LogP) is 4.60. The van der Waals surface area contributed by atoms with Crippen molar-refractivity contribution < 1.29 is 22.7 Å². The lowest BCUT2D eigenvalue weighted by atomic mass is 10.1. The van der Waals surface area contributed by atoms with Crippen LogP contribution < -0.4 is 4.74 Å². The van der Waals surface area contributed by atoms with Crippen LogP contribution in [0.1, 0.15) is 34.5 Å². The number of halogens is 4. The van der Waals surface area contributed by atoms with Gasteiger partial charge >= 0.3 is 6.18 Å². The summed E-state index contributed by atoms with van der Waals surface area (Å²) in [4.78, 5) is 31.4. The van der Waals surface area contributed by atoms with Crippen molar-refractivity contribution in [2.45, 2.75) is 32.0 Å². The van der Waals surface area contributed by atoms with Crippen LogP contribution >= 0.6 is 11.6 Å². The van der Waals surface area contributed by atoms with E-state index in [-0.39, 0.29) is 29.0 Å². The molecule has 1 unspecified atom stereocenters. The first-order chi connectivity index (χ1) is 15.7. The number of rotatable bonds is 4. The fraction of sp³-hybridized carbons (Fsp3) is 0.318. The molecule has 4 rings (SSSR count). The van der Waals surface area contributed by atoms with Crippen LogP contribution in [0, 0.1) is 6.92 Å². The van der Waals surface area contributed by atoms with Gasteiger partial charge in [-0.05, 0) is 43.5 Å². The van der Waals surface area contributed by atoms with Crippen LogP contribution in [0.4, 0.5) is 13.2 Å². The smallest absolute Gasteiger partial charge is 0.417 e. The molecule has 1 fully saturated rings. The number of pyridine rings is 2. The first-order valence-electron chi connectivity index (χ1n) is 10.1. The van der Waals surface area contributed by atoms with Gasteiger partial charge in [-0.1, -0.05) is 11.6 Å². The number of alkyl halides is 3. The van der Waals surface area contributed by atoms with Crippen LogP contribution in [0.5, 0.6) is 5.88 Å². The van der Waals surface area contributed by atoms with E-state index < -0.39 is 17.8 Å². The predicted molar refractivity (Wildman–Crippen MR) is 114 cm³/mol. The second-order valence-corrected chi connectivity index (χ2v) is 8.03. The van der Waals surface area contributed by atoms with Gasteiger partial charge in [0, 0.05) is 31.3 Å². The van der Waals surface area contributed by atoms with Gasteiger partial charge in [-0.15, -0.1) is 0 Å². The molecule has 0 aliphatic carbocycles. The third-order valence-electron chi connectivity index (χ3n) is 5.11. The number of hydrogen-bond acceptors (Lipinski definition) is 6. The quantitative estimate of drug-likeness (QED) is 0.546. The maximum atomic E-state index is 13.3. The summed E-state index contributed by atoms with van der Waals surface area (Å²) < 4.78 is 44.3. The Morgan fingerprint density at radius 1 is 1.15 bits per heavy atom. The molecular formula is C22H19ClF3N5O2. The van der Waals surface area contributed by atoms with Crippen molar-refractivity contribution in [1.29, 1.82) is 0 Å².